The van der Waals surface area contributed by atoms with E-state index < -0.39 is 12.2 Å². The van der Waals surface area contributed by atoms with Crippen molar-refractivity contribution in [1.29, 1.82) is 0 Å². The molecule has 0 aromatic carbocycles. The predicted octanol–water partition coefficient (Wildman–Crippen LogP) is 0.511. The summed E-state index contributed by atoms with van der Waals surface area (Å²) in [6.07, 6.45) is -1.26. The quantitative estimate of drug-likeness (QED) is 0.854. The first kappa shape index (κ1) is 13.0. The summed E-state index contributed by atoms with van der Waals surface area (Å²) in [7, 11) is 0. The SMILES string of the molecule is CCn1nc(C)c(Br)c1CN1CC(O)C(O)C1. The lowest BCUT2D eigenvalue weighted by Crippen LogP contribution is -2.23. The Kier molecular flexibility index (Phi) is 3.87. The molecule has 0 amide bonds. The molecular formula is C11H18BrN3O2. The highest BCUT2D eigenvalue weighted by molar-refractivity contribution is 9.10. The first-order valence-electron chi connectivity index (χ1n) is 5.83. The minimum atomic E-state index is -0.632. The summed E-state index contributed by atoms with van der Waals surface area (Å²) in [5, 5.41) is 23.5. The minimum absolute atomic E-state index is 0.515. The molecule has 2 atom stereocenters. The van der Waals surface area contributed by atoms with Crippen LogP contribution in [-0.2, 0) is 13.1 Å². The Morgan fingerprint density at radius 1 is 1.35 bits per heavy atom. The third-order valence-electron chi connectivity index (χ3n) is 3.16. The first-order chi connectivity index (χ1) is 8.02. The molecule has 2 N–H and O–H groups in total. The predicted molar refractivity (Wildman–Crippen MR) is 67.6 cm³/mol. The normalized spacial score (nSPS) is 25.7. The maximum absolute atomic E-state index is 9.52. The number of aromatic nitrogens is 2. The third-order valence-corrected chi connectivity index (χ3v) is 4.19. The fourth-order valence-corrected chi connectivity index (χ4v) is 2.62. The molecule has 2 heterocycles. The topological polar surface area (TPSA) is 61.5 Å². The summed E-state index contributed by atoms with van der Waals surface area (Å²) >= 11 is 3.54. The van der Waals surface area contributed by atoms with Crippen LogP contribution < -0.4 is 0 Å². The van der Waals surface area contributed by atoms with Crippen molar-refractivity contribution in [2.75, 3.05) is 13.1 Å². The van der Waals surface area contributed by atoms with E-state index in [4.69, 9.17) is 0 Å². The number of aryl methyl sites for hydroxylation is 2. The molecular weight excluding hydrogens is 286 g/mol. The standard InChI is InChI=1S/C11H18BrN3O2/c1-3-15-8(11(12)7(2)13-15)4-14-5-9(16)10(17)6-14/h9-10,16-17H,3-6H2,1-2H3. The van der Waals surface area contributed by atoms with Crippen LogP contribution in [0.25, 0.3) is 0 Å². The molecule has 5 nitrogen and oxygen atoms in total. The number of aliphatic hydroxyl groups is 2. The summed E-state index contributed by atoms with van der Waals surface area (Å²) < 4.78 is 2.98. The monoisotopic (exact) mass is 303 g/mol. The van der Waals surface area contributed by atoms with Gasteiger partial charge in [-0.2, -0.15) is 5.10 Å². The van der Waals surface area contributed by atoms with E-state index in [1.165, 1.54) is 0 Å². The van der Waals surface area contributed by atoms with Gasteiger partial charge in [0.2, 0.25) is 0 Å². The maximum atomic E-state index is 9.52. The van der Waals surface area contributed by atoms with Crippen LogP contribution in [0.4, 0.5) is 0 Å². The molecule has 0 spiro atoms. The zero-order valence-corrected chi connectivity index (χ0v) is 11.7. The van der Waals surface area contributed by atoms with Gasteiger partial charge in [0.05, 0.1) is 28.1 Å². The summed E-state index contributed by atoms with van der Waals surface area (Å²) in [4.78, 5) is 2.04. The van der Waals surface area contributed by atoms with E-state index >= 15 is 0 Å². The van der Waals surface area contributed by atoms with Gasteiger partial charge in [-0.3, -0.25) is 9.58 Å². The maximum Gasteiger partial charge on any atom is 0.0938 e. The second kappa shape index (κ2) is 5.06. The fourth-order valence-electron chi connectivity index (χ4n) is 2.21. The molecule has 6 heteroatoms. The molecule has 1 aliphatic heterocycles. The average Bonchev–Trinajstić information content (AvgIpc) is 2.74. The molecule has 1 aliphatic rings. The van der Waals surface area contributed by atoms with Gasteiger partial charge in [-0.15, -0.1) is 0 Å². The smallest absolute Gasteiger partial charge is 0.0938 e. The van der Waals surface area contributed by atoms with E-state index in [0.29, 0.717) is 19.6 Å². The molecule has 0 saturated carbocycles. The van der Waals surface area contributed by atoms with Gasteiger partial charge in [0, 0.05) is 26.2 Å². The van der Waals surface area contributed by atoms with E-state index in [-0.39, 0.29) is 0 Å². The number of hydrogen-bond donors (Lipinski definition) is 2. The van der Waals surface area contributed by atoms with Crippen LogP contribution in [0.5, 0.6) is 0 Å². The van der Waals surface area contributed by atoms with Crippen LogP contribution in [0.2, 0.25) is 0 Å². The molecule has 96 valence electrons. The highest BCUT2D eigenvalue weighted by Gasteiger charge is 2.30. The summed E-state index contributed by atoms with van der Waals surface area (Å²) in [6, 6.07) is 0. The molecule has 1 fully saturated rings. The van der Waals surface area contributed by atoms with Crippen molar-refractivity contribution in [2.24, 2.45) is 0 Å². The molecule has 0 aliphatic carbocycles. The lowest BCUT2D eigenvalue weighted by molar-refractivity contribution is 0.0572. The average molecular weight is 304 g/mol. The Morgan fingerprint density at radius 2 is 1.94 bits per heavy atom. The molecule has 2 unspecified atom stereocenters. The molecule has 2 rings (SSSR count). The van der Waals surface area contributed by atoms with Crippen LogP contribution in [0, 0.1) is 6.92 Å². The molecule has 1 aromatic rings. The molecule has 0 radical (unpaired) electrons. The minimum Gasteiger partial charge on any atom is -0.389 e. The van der Waals surface area contributed by atoms with Crippen molar-refractivity contribution in [3.8, 4) is 0 Å². The number of aliphatic hydroxyl groups excluding tert-OH is 2. The Balaban J connectivity index is 2.13. The van der Waals surface area contributed by atoms with Gasteiger partial charge in [-0.05, 0) is 29.8 Å². The summed E-state index contributed by atoms with van der Waals surface area (Å²) in [5.41, 5.74) is 2.08. The number of β-amino-alcohol motifs (C(OH)–C–C–N with tert-alkyl or cyclic N) is 2. The van der Waals surface area contributed by atoms with Gasteiger partial charge in [-0.25, -0.2) is 0 Å². The first-order valence-corrected chi connectivity index (χ1v) is 6.62. The molecule has 17 heavy (non-hydrogen) atoms. The van der Waals surface area contributed by atoms with Gasteiger partial charge in [0.1, 0.15) is 0 Å². The lowest BCUT2D eigenvalue weighted by atomic mass is 10.3. The Labute approximate surface area is 109 Å². The van der Waals surface area contributed by atoms with Crippen LogP contribution in [-0.4, -0.2) is 50.2 Å². The number of hydrogen-bond acceptors (Lipinski definition) is 4. The van der Waals surface area contributed by atoms with E-state index in [2.05, 4.69) is 28.0 Å². The number of nitrogens with zero attached hydrogens (tertiary/aromatic N) is 3. The van der Waals surface area contributed by atoms with Crippen LogP contribution in [0.15, 0.2) is 4.47 Å². The van der Waals surface area contributed by atoms with Crippen molar-refractivity contribution in [2.45, 2.75) is 39.1 Å². The largest absolute Gasteiger partial charge is 0.389 e. The van der Waals surface area contributed by atoms with Crippen LogP contribution >= 0.6 is 15.9 Å². The summed E-state index contributed by atoms with van der Waals surface area (Å²) in [6.45, 7) is 6.57. The second-order valence-electron chi connectivity index (χ2n) is 4.49. The van der Waals surface area contributed by atoms with E-state index in [0.717, 1.165) is 22.4 Å². The molecule has 1 aromatic heterocycles. The van der Waals surface area contributed by atoms with E-state index in [1.807, 2.05) is 16.5 Å². The highest BCUT2D eigenvalue weighted by Crippen LogP contribution is 2.24. The Bertz CT molecular complexity index is 398. The van der Waals surface area contributed by atoms with Gasteiger partial charge in [0.25, 0.3) is 0 Å². The number of halogens is 1. The van der Waals surface area contributed by atoms with Crippen molar-refractivity contribution in [3.63, 3.8) is 0 Å². The number of likely N-dealkylation sites (tertiary alicyclic amines) is 1. The third kappa shape index (κ3) is 2.54. The lowest BCUT2D eigenvalue weighted by Gasteiger charge is -2.15. The highest BCUT2D eigenvalue weighted by atomic mass is 79.9. The van der Waals surface area contributed by atoms with Crippen LogP contribution in [0.3, 0.4) is 0 Å². The Hall–Kier alpha value is -0.430. The zero-order valence-electron chi connectivity index (χ0n) is 10.1. The van der Waals surface area contributed by atoms with Crippen LogP contribution in [0.1, 0.15) is 18.3 Å². The van der Waals surface area contributed by atoms with Gasteiger partial charge in [-0.1, -0.05) is 0 Å². The molecule has 0 bridgehead atoms. The van der Waals surface area contributed by atoms with Gasteiger partial charge >= 0.3 is 0 Å². The van der Waals surface area contributed by atoms with Gasteiger partial charge in [0.15, 0.2) is 0 Å². The van der Waals surface area contributed by atoms with E-state index in [1.54, 1.807) is 0 Å². The van der Waals surface area contributed by atoms with E-state index in [9.17, 15) is 10.2 Å². The summed E-state index contributed by atoms with van der Waals surface area (Å²) in [5.74, 6) is 0. The number of rotatable bonds is 3. The van der Waals surface area contributed by atoms with Crippen molar-refractivity contribution in [1.82, 2.24) is 14.7 Å². The van der Waals surface area contributed by atoms with Gasteiger partial charge < -0.3 is 10.2 Å². The zero-order chi connectivity index (χ0) is 12.6. The molecule has 1 saturated heterocycles. The van der Waals surface area contributed by atoms with Crippen molar-refractivity contribution >= 4 is 15.9 Å². The Morgan fingerprint density at radius 3 is 2.47 bits per heavy atom. The van der Waals surface area contributed by atoms with Crippen molar-refractivity contribution in [3.05, 3.63) is 15.9 Å². The second-order valence-corrected chi connectivity index (χ2v) is 5.28. The fraction of sp³-hybridized carbons (Fsp3) is 0.727. The van der Waals surface area contributed by atoms with Crippen molar-refractivity contribution < 1.29 is 10.2 Å².